The summed E-state index contributed by atoms with van der Waals surface area (Å²) in [5, 5.41) is 3.11. The molecule has 0 aromatic rings. The molecule has 0 spiro atoms. The monoisotopic (exact) mass is 229 g/mol. The highest BCUT2D eigenvalue weighted by Crippen LogP contribution is 2.09. The number of nitrogens with one attached hydrogen (secondary N) is 1. The van der Waals surface area contributed by atoms with Crippen LogP contribution in [0.25, 0.3) is 0 Å². The van der Waals surface area contributed by atoms with Crippen LogP contribution < -0.4 is 11.1 Å². The van der Waals surface area contributed by atoms with Crippen LogP contribution >= 0.6 is 0 Å². The number of carbonyl (C=O) groups excluding carboxylic acids is 2. The van der Waals surface area contributed by atoms with E-state index < -0.39 is 0 Å². The van der Waals surface area contributed by atoms with Gasteiger partial charge in [0.2, 0.25) is 0 Å². The molecule has 0 aromatic heterocycles. The number of hydrogen-bond acceptors (Lipinski definition) is 4. The topological polar surface area (TPSA) is 84.7 Å². The molecule has 1 fully saturated rings. The zero-order chi connectivity index (χ0) is 12.0. The lowest BCUT2D eigenvalue weighted by atomic mass is 10.1. The van der Waals surface area contributed by atoms with Crippen molar-refractivity contribution in [2.75, 3.05) is 26.2 Å². The second-order valence-electron chi connectivity index (χ2n) is 3.79. The Kier molecular flexibility index (Phi) is 5.04. The van der Waals surface area contributed by atoms with Gasteiger partial charge in [0.25, 0.3) is 0 Å². The number of primary amides is 1. The Balaban J connectivity index is 2.17. The Hall–Kier alpha value is -1.30. The van der Waals surface area contributed by atoms with Gasteiger partial charge in [0.05, 0.1) is 13.2 Å². The van der Waals surface area contributed by atoms with E-state index in [1.807, 2.05) is 0 Å². The Morgan fingerprint density at radius 3 is 2.56 bits per heavy atom. The highest BCUT2D eigenvalue weighted by Gasteiger charge is 2.21. The van der Waals surface area contributed by atoms with Crippen LogP contribution in [0.1, 0.15) is 19.8 Å². The molecule has 1 rings (SSSR count). The first-order chi connectivity index (χ1) is 7.63. The summed E-state index contributed by atoms with van der Waals surface area (Å²) in [7, 11) is 0. The van der Waals surface area contributed by atoms with Gasteiger partial charge in [-0.15, -0.1) is 0 Å². The first-order valence-corrected chi connectivity index (χ1v) is 5.57. The average Bonchev–Trinajstić information content (AvgIpc) is 2.27. The smallest absolute Gasteiger partial charge is 0.319 e. The van der Waals surface area contributed by atoms with Gasteiger partial charge in [-0.1, -0.05) is 0 Å². The number of esters is 1. The number of nitrogens with zero attached hydrogens (tertiary/aromatic N) is 1. The molecule has 1 aliphatic rings. The predicted molar refractivity (Wildman–Crippen MR) is 58.8 cm³/mol. The maximum absolute atomic E-state index is 11.1. The molecule has 16 heavy (non-hydrogen) atoms. The summed E-state index contributed by atoms with van der Waals surface area (Å²) in [5.74, 6) is -0.236. The summed E-state index contributed by atoms with van der Waals surface area (Å²) in [6, 6.07) is -0.108. The maximum atomic E-state index is 11.1. The molecular weight excluding hydrogens is 210 g/mol. The highest BCUT2D eigenvalue weighted by atomic mass is 16.5. The lowest BCUT2D eigenvalue weighted by Crippen LogP contribution is -2.47. The van der Waals surface area contributed by atoms with E-state index in [1.54, 1.807) is 11.8 Å². The summed E-state index contributed by atoms with van der Waals surface area (Å²) < 4.78 is 4.81. The van der Waals surface area contributed by atoms with Crippen LogP contribution in [0.5, 0.6) is 0 Å². The molecule has 1 heterocycles. The molecule has 2 amide bonds. The standard InChI is InChI=1S/C10H19N3O3/c1-2-16-9(14)7-12-8-3-5-13(6-4-8)10(11)15/h8,12H,2-7H2,1H3,(H2,11,15). The maximum Gasteiger partial charge on any atom is 0.319 e. The molecule has 6 heteroatoms. The van der Waals surface area contributed by atoms with Crippen molar-refractivity contribution < 1.29 is 14.3 Å². The Morgan fingerprint density at radius 2 is 2.06 bits per heavy atom. The van der Waals surface area contributed by atoms with Crippen molar-refractivity contribution in [1.29, 1.82) is 0 Å². The van der Waals surface area contributed by atoms with Crippen LogP contribution in [0.4, 0.5) is 4.79 Å². The minimum atomic E-state index is -0.371. The average molecular weight is 229 g/mol. The predicted octanol–water partition coefficient (Wildman–Crippen LogP) is -0.318. The van der Waals surface area contributed by atoms with Crippen molar-refractivity contribution in [3.63, 3.8) is 0 Å². The van der Waals surface area contributed by atoms with Crippen LogP contribution in [0.3, 0.4) is 0 Å². The number of piperidine rings is 1. The van der Waals surface area contributed by atoms with E-state index in [2.05, 4.69) is 5.32 Å². The first kappa shape index (κ1) is 12.8. The van der Waals surface area contributed by atoms with Gasteiger partial charge < -0.3 is 20.7 Å². The molecule has 0 aromatic carbocycles. The van der Waals surface area contributed by atoms with Gasteiger partial charge in [-0.3, -0.25) is 4.79 Å². The second-order valence-corrected chi connectivity index (χ2v) is 3.79. The largest absolute Gasteiger partial charge is 0.465 e. The van der Waals surface area contributed by atoms with E-state index in [9.17, 15) is 9.59 Å². The SMILES string of the molecule is CCOC(=O)CNC1CCN(C(N)=O)CC1. The Labute approximate surface area is 95.1 Å². The number of rotatable bonds is 4. The minimum absolute atomic E-state index is 0.231. The normalized spacial score (nSPS) is 17.2. The van der Waals surface area contributed by atoms with Gasteiger partial charge in [0.15, 0.2) is 0 Å². The van der Waals surface area contributed by atoms with E-state index in [-0.39, 0.29) is 24.6 Å². The Bertz CT molecular complexity index is 250. The van der Waals surface area contributed by atoms with Crippen LogP contribution in [-0.4, -0.2) is 49.2 Å². The van der Waals surface area contributed by atoms with Crippen molar-refractivity contribution >= 4 is 12.0 Å². The lowest BCUT2D eigenvalue weighted by Gasteiger charge is -2.31. The fourth-order valence-electron chi connectivity index (χ4n) is 1.74. The molecule has 3 N–H and O–H groups in total. The van der Waals surface area contributed by atoms with Crippen LogP contribution in [0.15, 0.2) is 0 Å². The number of carbonyl (C=O) groups is 2. The highest BCUT2D eigenvalue weighted by molar-refractivity contribution is 5.72. The molecule has 0 unspecified atom stereocenters. The number of nitrogens with two attached hydrogens (primary N) is 1. The number of hydrogen-bond donors (Lipinski definition) is 2. The third-order valence-electron chi connectivity index (χ3n) is 2.65. The molecule has 0 saturated carbocycles. The number of ether oxygens (including phenoxy) is 1. The van der Waals surface area contributed by atoms with E-state index in [1.165, 1.54) is 0 Å². The molecule has 92 valence electrons. The van der Waals surface area contributed by atoms with E-state index in [0.29, 0.717) is 19.7 Å². The number of amides is 2. The van der Waals surface area contributed by atoms with Crippen molar-refractivity contribution in [1.82, 2.24) is 10.2 Å². The second kappa shape index (κ2) is 6.32. The fourth-order valence-corrected chi connectivity index (χ4v) is 1.74. The van der Waals surface area contributed by atoms with Crippen LogP contribution in [-0.2, 0) is 9.53 Å². The third-order valence-corrected chi connectivity index (χ3v) is 2.65. The van der Waals surface area contributed by atoms with Crippen molar-refractivity contribution in [3.05, 3.63) is 0 Å². The summed E-state index contributed by atoms with van der Waals surface area (Å²) in [5.41, 5.74) is 5.17. The summed E-state index contributed by atoms with van der Waals surface area (Å²) in [6.07, 6.45) is 1.64. The van der Waals surface area contributed by atoms with Gasteiger partial charge in [-0.05, 0) is 19.8 Å². The van der Waals surface area contributed by atoms with E-state index in [0.717, 1.165) is 12.8 Å². The molecular formula is C10H19N3O3. The molecule has 6 nitrogen and oxygen atoms in total. The molecule has 1 aliphatic heterocycles. The fraction of sp³-hybridized carbons (Fsp3) is 0.800. The quantitative estimate of drug-likeness (QED) is 0.647. The minimum Gasteiger partial charge on any atom is -0.465 e. The zero-order valence-corrected chi connectivity index (χ0v) is 9.57. The number of likely N-dealkylation sites (tertiary alicyclic amines) is 1. The molecule has 1 saturated heterocycles. The van der Waals surface area contributed by atoms with E-state index >= 15 is 0 Å². The van der Waals surface area contributed by atoms with Crippen molar-refractivity contribution in [3.8, 4) is 0 Å². The van der Waals surface area contributed by atoms with Gasteiger partial charge in [-0.25, -0.2) is 4.79 Å². The summed E-state index contributed by atoms with van der Waals surface area (Å²) in [4.78, 5) is 23.6. The molecule has 0 aliphatic carbocycles. The third kappa shape index (κ3) is 4.06. The summed E-state index contributed by atoms with van der Waals surface area (Å²) in [6.45, 7) is 3.71. The molecule has 0 bridgehead atoms. The van der Waals surface area contributed by atoms with Gasteiger partial charge in [0.1, 0.15) is 0 Å². The van der Waals surface area contributed by atoms with Gasteiger partial charge >= 0.3 is 12.0 Å². The Morgan fingerprint density at radius 1 is 1.44 bits per heavy atom. The molecule has 0 atom stereocenters. The lowest BCUT2D eigenvalue weighted by molar-refractivity contribution is -0.142. The van der Waals surface area contributed by atoms with E-state index in [4.69, 9.17) is 10.5 Å². The molecule has 0 radical (unpaired) electrons. The van der Waals surface area contributed by atoms with Gasteiger partial charge in [-0.2, -0.15) is 0 Å². The van der Waals surface area contributed by atoms with Crippen molar-refractivity contribution in [2.45, 2.75) is 25.8 Å². The summed E-state index contributed by atoms with van der Waals surface area (Å²) >= 11 is 0. The van der Waals surface area contributed by atoms with Gasteiger partial charge in [0, 0.05) is 19.1 Å². The number of urea groups is 1. The van der Waals surface area contributed by atoms with Crippen LogP contribution in [0.2, 0.25) is 0 Å². The van der Waals surface area contributed by atoms with Crippen LogP contribution in [0, 0.1) is 0 Å². The van der Waals surface area contributed by atoms with Crippen molar-refractivity contribution in [2.24, 2.45) is 5.73 Å². The first-order valence-electron chi connectivity index (χ1n) is 5.57. The zero-order valence-electron chi connectivity index (χ0n) is 9.57.